The van der Waals surface area contributed by atoms with Crippen LogP contribution in [0.25, 0.3) is 0 Å². The number of anilines is 1. The average Bonchev–Trinajstić information content (AvgIpc) is 2.38. The Bertz CT molecular complexity index is 613. The summed E-state index contributed by atoms with van der Waals surface area (Å²) in [4.78, 5) is 7.18. The molecular formula is C9H10N6O2S. The summed E-state index contributed by atoms with van der Waals surface area (Å²) in [6, 6.07) is 3.33. The van der Waals surface area contributed by atoms with Crippen LogP contribution in [-0.2, 0) is 16.6 Å². The van der Waals surface area contributed by atoms with Crippen molar-refractivity contribution in [3.8, 4) is 0 Å². The third-order valence-electron chi connectivity index (χ3n) is 2.03. The van der Waals surface area contributed by atoms with Crippen LogP contribution in [0.2, 0.25) is 0 Å². The van der Waals surface area contributed by atoms with Crippen molar-refractivity contribution < 1.29 is 8.42 Å². The van der Waals surface area contributed by atoms with Crippen LogP contribution >= 0.6 is 0 Å². The molecule has 2 heterocycles. The van der Waals surface area contributed by atoms with E-state index in [2.05, 4.69) is 24.9 Å². The summed E-state index contributed by atoms with van der Waals surface area (Å²) >= 11 is 0. The summed E-state index contributed by atoms with van der Waals surface area (Å²) in [5, 5.41) is 7.41. The van der Waals surface area contributed by atoms with Gasteiger partial charge in [-0.1, -0.05) is 0 Å². The standard InChI is InChI=1S/C9H10N6O2S/c10-9-11-5-8(6-12-9)18(16,17)14-4-7-2-1-3-13-15-7/h1-3,5-6,14H,4H2,(H2,10,11,12). The first-order valence-electron chi connectivity index (χ1n) is 4.92. The zero-order valence-corrected chi connectivity index (χ0v) is 10.0. The number of hydrogen-bond acceptors (Lipinski definition) is 7. The third kappa shape index (κ3) is 2.96. The maximum absolute atomic E-state index is 11.8. The molecule has 0 bridgehead atoms. The lowest BCUT2D eigenvalue weighted by Gasteiger charge is -2.05. The van der Waals surface area contributed by atoms with Crippen LogP contribution < -0.4 is 10.5 Å². The van der Waals surface area contributed by atoms with Crippen molar-refractivity contribution in [2.24, 2.45) is 0 Å². The normalized spacial score (nSPS) is 11.3. The van der Waals surface area contributed by atoms with E-state index in [0.29, 0.717) is 5.69 Å². The van der Waals surface area contributed by atoms with E-state index in [1.165, 1.54) is 6.20 Å². The molecule has 8 nitrogen and oxygen atoms in total. The molecule has 94 valence electrons. The molecule has 0 fully saturated rings. The Morgan fingerprint density at radius 3 is 2.61 bits per heavy atom. The number of sulfonamides is 1. The molecule has 2 aromatic rings. The molecule has 0 atom stereocenters. The molecule has 0 unspecified atom stereocenters. The SMILES string of the molecule is Nc1ncc(S(=O)(=O)NCc2cccnn2)cn1. The maximum Gasteiger partial charge on any atom is 0.244 e. The molecule has 0 radical (unpaired) electrons. The second-order valence-corrected chi connectivity index (χ2v) is 5.08. The van der Waals surface area contributed by atoms with Gasteiger partial charge in [-0.25, -0.2) is 23.1 Å². The lowest BCUT2D eigenvalue weighted by molar-refractivity contribution is 0.579. The van der Waals surface area contributed by atoms with Crippen molar-refractivity contribution >= 4 is 16.0 Å². The Balaban J connectivity index is 2.11. The van der Waals surface area contributed by atoms with Gasteiger partial charge < -0.3 is 5.73 Å². The summed E-state index contributed by atoms with van der Waals surface area (Å²) in [6.07, 6.45) is 3.79. The zero-order chi connectivity index (χ0) is 13.0. The van der Waals surface area contributed by atoms with Crippen molar-refractivity contribution in [1.29, 1.82) is 0 Å². The topological polar surface area (TPSA) is 124 Å². The van der Waals surface area contributed by atoms with Gasteiger partial charge in [-0.2, -0.15) is 10.2 Å². The molecule has 0 saturated carbocycles. The molecule has 0 amide bonds. The highest BCUT2D eigenvalue weighted by atomic mass is 32.2. The minimum atomic E-state index is -3.67. The van der Waals surface area contributed by atoms with E-state index in [-0.39, 0.29) is 17.4 Å². The molecule has 0 saturated heterocycles. The van der Waals surface area contributed by atoms with Gasteiger partial charge in [-0.3, -0.25) is 0 Å². The largest absolute Gasteiger partial charge is 0.368 e. The van der Waals surface area contributed by atoms with Crippen LogP contribution in [0.3, 0.4) is 0 Å². The summed E-state index contributed by atoms with van der Waals surface area (Å²) in [7, 11) is -3.67. The predicted molar refractivity (Wildman–Crippen MR) is 62.5 cm³/mol. The van der Waals surface area contributed by atoms with Crippen LogP contribution in [0.4, 0.5) is 5.95 Å². The number of nitrogens with one attached hydrogen (secondary N) is 1. The molecule has 0 spiro atoms. The first-order valence-corrected chi connectivity index (χ1v) is 6.40. The van der Waals surface area contributed by atoms with Crippen LogP contribution in [0.5, 0.6) is 0 Å². The highest BCUT2D eigenvalue weighted by Gasteiger charge is 2.14. The molecule has 9 heteroatoms. The minimum absolute atomic E-state index is 0.0166. The Kier molecular flexibility index (Phi) is 3.44. The summed E-state index contributed by atoms with van der Waals surface area (Å²) in [5.74, 6) is 0.0166. The molecule has 2 aromatic heterocycles. The summed E-state index contributed by atoms with van der Waals surface area (Å²) < 4.78 is 26.0. The van der Waals surface area contributed by atoms with E-state index >= 15 is 0 Å². The second-order valence-electron chi connectivity index (χ2n) is 3.32. The molecule has 0 aliphatic rings. The number of aromatic nitrogens is 4. The molecule has 0 aliphatic carbocycles. The molecule has 18 heavy (non-hydrogen) atoms. The Labute approximate surface area is 103 Å². The lowest BCUT2D eigenvalue weighted by Crippen LogP contribution is -2.24. The first-order chi connectivity index (χ1) is 8.58. The van der Waals surface area contributed by atoms with Crippen LogP contribution in [0.15, 0.2) is 35.6 Å². The van der Waals surface area contributed by atoms with E-state index in [1.807, 2.05) is 0 Å². The maximum atomic E-state index is 11.8. The number of nitrogens with two attached hydrogens (primary N) is 1. The zero-order valence-electron chi connectivity index (χ0n) is 9.18. The average molecular weight is 266 g/mol. The highest BCUT2D eigenvalue weighted by Crippen LogP contribution is 2.06. The second kappa shape index (κ2) is 5.02. The van der Waals surface area contributed by atoms with Gasteiger partial charge in [0, 0.05) is 6.20 Å². The van der Waals surface area contributed by atoms with Crippen molar-refractivity contribution in [2.45, 2.75) is 11.4 Å². The number of nitrogen functional groups attached to an aromatic ring is 1. The Hall–Kier alpha value is -2.13. The van der Waals surface area contributed by atoms with E-state index in [4.69, 9.17) is 5.73 Å². The molecular weight excluding hydrogens is 256 g/mol. The van der Waals surface area contributed by atoms with Crippen molar-refractivity contribution in [1.82, 2.24) is 24.9 Å². The van der Waals surface area contributed by atoms with Gasteiger partial charge in [0.25, 0.3) is 0 Å². The summed E-state index contributed by atoms with van der Waals surface area (Å²) in [5.41, 5.74) is 5.79. The molecule has 2 rings (SSSR count). The van der Waals surface area contributed by atoms with Gasteiger partial charge in [-0.05, 0) is 12.1 Å². The Morgan fingerprint density at radius 2 is 2.00 bits per heavy atom. The fourth-order valence-electron chi connectivity index (χ4n) is 1.14. The number of hydrogen-bond donors (Lipinski definition) is 2. The van der Waals surface area contributed by atoms with Crippen molar-refractivity contribution in [3.63, 3.8) is 0 Å². The van der Waals surface area contributed by atoms with E-state index < -0.39 is 10.0 Å². The van der Waals surface area contributed by atoms with Gasteiger partial charge in [0.2, 0.25) is 16.0 Å². The lowest BCUT2D eigenvalue weighted by atomic mass is 10.4. The third-order valence-corrected chi connectivity index (χ3v) is 3.39. The van der Waals surface area contributed by atoms with Crippen molar-refractivity contribution in [3.05, 3.63) is 36.4 Å². The van der Waals surface area contributed by atoms with Gasteiger partial charge in [0.1, 0.15) is 4.90 Å². The quantitative estimate of drug-likeness (QED) is 0.751. The number of rotatable bonds is 4. The van der Waals surface area contributed by atoms with Crippen molar-refractivity contribution in [2.75, 3.05) is 5.73 Å². The van der Waals surface area contributed by atoms with Gasteiger partial charge in [0.15, 0.2) is 0 Å². The molecule has 0 aromatic carbocycles. The fourth-order valence-corrected chi connectivity index (χ4v) is 2.03. The van der Waals surface area contributed by atoms with E-state index in [1.54, 1.807) is 12.1 Å². The minimum Gasteiger partial charge on any atom is -0.368 e. The molecule has 3 N–H and O–H groups in total. The van der Waals surface area contributed by atoms with Crippen LogP contribution in [-0.4, -0.2) is 28.6 Å². The van der Waals surface area contributed by atoms with Gasteiger partial charge in [0.05, 0.1) is 24.6 Å². The smallest absolute Gasteiger partial charge is 0.244 e. The van der Waals surface area contributed by atoms with E-state index in [9.17, 15) is 8.42 Å². The molecule has 0 aliphatic heterocycles. The summed E-state index contributed by atoms with van der Waals surface area (Å²) in [6.45, 7) is 0.0422. The van der Waals surface area contributed by atoms with Gasteiger partial charge in [-0.15, -0.1) is 0 Å². The first kappa shape index (κ1) is 12.3. The number of nitrogens with zero attached hydrogens (tertiary/aromatic N) is 4. The predicted octanol–water partition coefficient (Wildman–Crippen LogP) is -0.673. The fraction of sp³-hybridized carbons (Fsp3) is 0.111. The van der Waals surface area contributed by atoms with E-state index in [0.717, 1.165) is 12.4 Å². The Morgan fingerprint density at radius 1 is 1.28 bits per heavy atom. The van der Waals surface area contributed by atoms with Crippen LogP contribution in [0, 0.1) is 0 Å². The highest BCUT2D eigenvalue weighted by molar-refractivity contribution is 7.89. The van der Waals surface area contributed by atoms with Gasteiger partial charge >= 0.3 is 0 Å². The van der Waals surface area contributed by atoms with Crippen LogP contribution in [0.1, 0.15) is 5.69 Å². The monoisotopic (exact) mass is 266 g/mol.